The highest BCUT2D eigenvalue weighted by Gasteiger charge is 2.47. The van der Waals surface area contributed by atoms with Crippen molar-refractivity contribution in [3.05, 3.63) is 0 Å². The third-order valence-electron chi connectivity index (χ3n) is 4.25. The lowest BCUT2D eigenvalue weighted by Crippen LogP contribution is -2.64. The van der Waals surface area contributed by atoms with E-state index in [-0.39, 0.29) is 29.9 Å². The molecular formula is C18H32N2O7. The molecule has 0 aromatic carbocycles. The average Bonchev–Trinajstić information content (AvgIpc) is 2.52. The van der Waals surface area contributed by atoms with Gasteiger partial charge in [0.05, 0.1) is 20.1 Å². The number of aliphatic carboxylic acids is 1. The summed E-state index contributed by atoms with van der Waals surface area (Å²) in [6.45, 7) is 5.57. The normalized spacial score (nSPS) is 15.9. The van der Waals surface area contributed by atoms with Crippen molar-refractivity contribution >= 4 is 23.9 Å². The van der Waals surface area contributed by atoms with E-state index in [0.29, 0.717) is 6.42 Å². The number of nitrogens with zero attached hydrogens (tertiary/aromatic N) is 2. The lowest BCUT2D eigenvalue weighted by molar-refractivity contribution is -0.818. The standard InChI is InChI=1S/C18H32N2O7/c1-9-11-13(21)26-17(3,10-2)15(24)27-18(4,14(22)23)12-20(7,8)16(25)19(5)6/h9-12H2,1-8H3. The van der Waals surface area contributed by atoms with Crippen molar-refractivity contribution in [2.75, 3.05) is 34.7 Å². The summed E-state index contributed by atoms with van der Waals surface area (Å²) in [6.07, 6.45) is 0.768. The Morgan fingerprint density at radius 3 is 1.89 bits per heavy atom. The second-order valence-corrected chi connectivity index (χ2v) is 7.74. The molecule has 27 heavy (non-hydrogen) atoms. The van der Waals surface area contributed by atoms with Gasteiger partial charge in [0.15, 0.2) is 5.60 Å². The molecule has 0 N–H and O–H groups in total. The highest BCUT2D eigenvalue weighted by Crippen LogP contribution is 2.24. The second kappa shape index (κ2) is 9.16. The van der Waals surface area contributed by atoms with Crippen LogP contribution in [-0.4, -0.2) is 79.3 Å². The van der Waals surface area contributed by atoms with Crippen LogP contribution < -0.4 is 5.11 Å². The van der Waals surface area contributed by atoms with Crippen LogP contribution in [0.1, 0.15) is 47.0 Å². The van der Waals surface area contributed by atoms with Crippen LogP contribution >= 0.6 is 0 Å². The molecule has 0 aliphatic carbocycles. The molecule has 2 atom stereocenters. The number of amides is 2. The summed E-state index contributed by atoms with van der Waals surface area (Å²) >= 11 is 0. The first-order chi connectivity index (χ1) is 12.1. The first-order valence-corrected chi connectivity index (χ1v) is 8.86. The number of carbonyl (C=O) groups excluding carboxylic acids is 4. The number of urea groups is 1. The van der Waals surface area contributed by atoms with Gasteiger partial charge in [-0.05, 0) is 26.7 Å². The molecule has 0 bridgehead atoms. The Morgan fingerprint density at radius 1 is 1.00 bits per heavy atom. The van der Waals surface area contributed by atoms with Crippen LogP contribution in [0.3, 0.4) is 0 Å². The number of hydrogen-bond donors (Lipinski definition) is 0. The van der Waals surface area contributed by atoms with Crippen LogP contribution in [0.4, 0.5) is 4.79 Å². The zero-order valence-corrected chi connectivity index (χ0v) is 17.6. The summed E-state index contributed by atoms with van der Waals surface area (Å²) in [5.41, 5.74) is -3.73. The number of carboxylic acid groups (broad SMARTS) is 1. The molecule has 0 aromatic rings. The minimum atomic E-state index is -2.10. The fourth-order valence-corrected chi connectivity index (χ4v) is 2.58. The van der Waals surface area contributed by atoms with E-state index in [2.05, 4.69) is 0 Å². The van der Waals surface area contributed by atoms with Gasteiger partial charge in [-0.3, -0.25) is 9.69 Å². The first-order valence-electron chi connectivity index (χ1n) is 8.86. The molecule has 2 amide bonds. The third-order valence-corrected chi connectivity index (χ3v) is 4.25. The topological polar surface area (TPSA) is 113 Å². The average molecular weight is 388 g/mol. The second-order valence-electron chi connectivity index (χ2n) is 7.74. The van der Waals surface area contributed by atoms with E-state index in [1.165, 1.54) is 40.0 Å². The van der Waals surface area contributed by atoms with Crippen LogP contribution in [0.15, 0.2) is 0 Å². The molecule has 0 saturated carbocycles. The summed E-state index contributed by atoms with van der Waals surface area (Å²) in [6, 6.07) is -0.383. The Kier molecular flexibility index (Phi) is 8.43. The maximum absolute atomic E-state index is 12.7. The molecule has 9 heteroatoms. The Hall–Kier alpha value is -2.16. The zero-order chi connectivity index (χ0) is 21.6. The maximum atomic E-state index is 12.7. The van der Waals surface area contributed by atoms with Crippen LogP contribution in [0.25, 0.3) is 0 Å². The van der Waals surface area contributed by atoms with Crippen molar-refractivity contribution in [2.24, 2.45) is 0 Å². The number of esters is 2. The highest BCUT2D eigenvalue weighted by atomic mass is 16.6. The molecule has 0 aliphatic rings. The Morgan fingerprint density at radius 2 is 1.52 bits per heavy atom. The Labute approximate surface area is 160 Å². The lowest BCUT2D eigenvalue weighted by Gasteiger charge is -2.39. The van der Waals surface area contributed by atoms with Gasteiger partial charge in [-0.2, -0.15) is 0 Å². The summed E-state index contributed by atoms with van der Waals surface area (Å²) in [7, 11) is 6.06. The van der Waals surface area contributed by atoms with Gasteiger partial charge in [-0.15, -0.1) is 0 Å². The van der Waals surface area contributed by atoms with E-state index in [1.807, 2.05) is 0 Å². The molecule has 0 spiro atoms. The maximum Gasteiger partial charge on any atom is 0.418 e. The quantitative estimate of drug-likeness (QED) is 0.412. The van der Waals surface area contributed by atoms with E-state index >= 15 is 0 Å². The van der Waals surface area contributed by atoms with Crippen molar-refractivity contribution in [2.45, 2.75) is 58.2 Å². The number of likely N-dealkylation sites (N-methyl/N-ethyl adjacent to an activating group) is 1. The SMILES string of the molecule is CCCC(=O)OC(C)(CC)C(=O)OC(C)(C[N+](C)(C)C(=O)N(C)C)C(=O)[O-]. The third kappa shape index (κ3) is 6.50. The minimum Gasteiger partial charge on any atom is -0.546 e. The molecule has 0 fully saturated rings. The fraction of sp³-hybridized carbons (Fsp3) is 0.778. The number of carbonyl (C=O) groups is 4. The number of ether oxygens (including phenoxy) is 2. The van der Waals surface area contributed by atoms with Crippen molar-refractivity contribution in [1.82, 2.24) is 4.90 Å². The van der Waals surface area contributed by atoms with Gasteiger partial charge in [0.2, 0.25) is 5.60 Å². The van der Waals surface area contributed by atoms with Crippen LogP contribution in [0, 0.1) is 0 Å². The monoisotopic (exact) mass is 388 g/mol. The molecule has 0 aromatic heterocycles. The van der Waals surface area contributed by atoms with Crippen molar-refractivity contribution in [3.63, 3.8) is 0 Å². The van der Waals surface area contributed by atoms with Gasteiger partial charge in [0.1, 0.15) is 6.54 Å². The smallest absolute Gasteiger partial charge is 0.418 e. The van der Waals surface area contributed by atoms with Gasteiger partial charge < -0.3 is 19.4 Å². The predicted molar refractivity (Wildman–Crippen MR) is 95.3 cm³/mol. The lowest BCUT2D eigenvalue weighted by atomic mass is 10.0. The predicted octanol–water partition coefficient (Wildman–Crippen LogP) is 0.308. The molecule has 0 rings (SSSR count). The number of hydrogen-bond acceptors (Lipinski definition) is 7. The molecular weight excluding hydrogens is 356 g/mol. The van der Waals surface area contributed by atoms with E-state index in [0.717, 1.165) is 6.92 Å². The van der Waals surface area contributed by atoms with E-state index in [1.54, 1.807) is 13.8 Å². The van der Waals surface area contributed by atoms with E-state index < -0.39 is 29.1 Å². The number of carboxylic acids is 1. The fourth-order valence-electron chi connectivity index (χ4n) is 2.58. The van der Waals surface area contributed by atoms with Gasteiger partial charge in [-0.25, -0.2) is 14.1 Å². The van der Waals surface area contributed by atoms with Crippen LogP contribution in [0.2, 0.25) is 0 Å². The zero-order valence-electron chi connectivity index (χ0n) is 17.6. The minimum absolute atomic E-state index is 0.0965. The van der Waals surface area contributed by atoms with Gasteiger partial charge in [0.25, 0.3) is 0 Å². The number of quaternary nitrogens is 1. The summed E-state index contributed by atoms with van der Waals surface area (Å²) < 4.78 is 10.1. The van der Waals surface area contributed by atoms with Crippen molar-refractivity contribution in [3.8, 4) is 0 Å². The van der Waals surface area contributed by atoms with Crippen molar-refractivity contribution < 1.29 is 38.2 Å². The largest absolute Gasteiger partial charge is 0.546 e. The van der Waals surface area contributed by atoms with E-state index in [9.17, 15) is 24.3 Å². The molecule has 0 saturated heterocycles. The van der Waals surface area contributed by atoms with Gasteiger partial charge in [0, 0.05) is 20.5 Å². The Bertz CT molecular complexity index is 588. The Balaban J connectivity index is 5.60. The molecule has 2 unspecified atom stereocenters. The molecule has 0 radical (unpaired) electrons. The van der Waals surface area contributed by atoms with Crippen molar-refractivity contribution in [1.29, 1.82) is 0 Å². The summed E-state index contributed by atoms with van der Waals surface area (Å²) in [5, 5.41) is 11.7. The number of rotatable bonds is 9. The molecule has 0 aliphatic heterocycles. The highest BCUT2D eigenvalue weighted by molar-refractivity contribution is 5.86. The van der Waals surface area contributed by atoms with Gasteiger partial charge >= 0.3 is 18.0 Å². The summed E-state index contributed by atoms with van der Waals surface area (Å²) in [5.74, 6) is -3.22. The molecule has 156 valence electrons. The molecule has 9 nitrogen and oxygen atoms in total. The van der Waals surface area contributed by atoms with Gasteiger partial charge in [-0.1, -0.05) is 13.8 Å². The summed E-state index contributed by atoms with van der Waals surface area (Å²) in [4.78, 5) is 49.8. The van der Waals surface area contributed by atoms with Crippen LogP contribution in [-0.2, 0) is 23.9 Å². The van der Waals surface area contributed by atoms with Crippen LogP contribution in [0.5, 0.6) is 0 Å². The first kappa shape index (κ1) is 24.8. The molecule has 0 heterocycles. The van der Waals surface area contributed by atoms with E-state index in [4.69, 9.17) is 9.47 Å².